The van der Waals surface area contributed by atoms with Crippen molar-refractivity contribution in [3.63, 3.8) is 0 Å². The molecule has 56 heavy (non-hydrogen) atoms. The Morgan fingerprint density at radius 1 is 0.268 bits per heavy atom. The molecule has 0 unspecified atom stereocenters. The molecule has 0 atom stereocenters. The van der Waals surface area contributed by atoms with Gasteiger partial charge in [-0.2, -0.15) is 0 Å². The van der Waals surface area contributed by atoms with Gasteiger partial charge in [0.1, 0.15) is 0 Å². The minimum Gasteiger partial charge on any atom is -0.481 e. The Bertz CT molecular complexity index is 633. The van der Waals surface area contributed by atoms with Gasteiger partial charge >= 0.3 is 11.9 Å². The molecule has 0 saturated heterocycles. The van der Waals surface area contributed by atoms with Crippen molar-refractivity contribution in [1.82, 2.24) is 0 Å². The highest BCUT2D eigenvalue weighted by Crippen LogP contribution is 2.15. The molecule has 0 amide bonds. The van der Waals surface area contributed by atoms with E-state index in [4.69, 9.17) is 10.2 Å². The molecule has 0 aliphatic heterocycles. The molecule has 338 valence electrons. The molecule has 0 fully saturated rings. The third-order valence-corrected chi connectivity index (χ3v) is 10.7. The van der Waals surface area contributed by atoms with E-state index < -0.39 is 11.9 Å². The average Bonchev–Trinajstić information content (AvgIpc) is 3.18. The van der Waals surface area contributed by atoms with Gasteiger partial charge in [0.2, 0.25) is 0 Å². The lowest BCUT2D eigenvalue weighted by Crippen LogP contribution is -1.93. The van der Waals surface area contributed by atoms with E-state index in [-0.39, 0.29) is 0 Å². The normalized spacial score (nSPS) is 10.5. The first kappa shape index (κ1) is 61.6. The third-order valence-electron chi connectivity index (χ3n) is 10.7. The average molecular weight is 795 g/mol. The van der Waals surface area contributed by atoms with E-state index in [1.54, 1.807) is 0 Å². The molecule has 0 spiro atoms. The first-order valence-electron chi connectivity index (χ1n) is 25.4. The molecular weight excluding hydrogens is 689 g/mol. The first-order chi connectivity index (χ1) is 27.4. The maximum Gasteiger partial charge on any atom is 0.303 e. The van der Waals surface area contributed by atoms with Gasteiger partial charge in [-0.05, 0) is 12.8 Å². The van der Waals surface area contributed by atoms with Crippen LogP contribution >= 0.6 is 0 Å². The number of carbonyl (C=O) groups is 2. The predicted octanol–water partition coefficient (Wildman–Crippen LogP) is 19.0. The fraction of sp³-hybridized carbons (Fsp3) is 0.923. The van der Waals surface area contributed by atoms with E-state index in [1.165, 1.54) is 231 Å². The van der Waals surface area contributed by atoms with E-state index in [0.717, 1.165) is 38.5 Å². The topological polar surface area (TPSA) is 74.6 Å². The predicted molar refractivity (Wildman–Crippen MR) is 252 cm³/mol. The summed E-state index contributed by atoms with van der Waals surface area (Å²) in [4.78, 5) is 20.2. The number of hydrogen-bond acceptors (Lipinski definition) is 2. The summed E-state index contributed by atoms with van der Waals surface area (Å²) in [5.41, 5.74) is 0. The van der Waals surface area contributed by atoms with E-state index in [2.05, 4.69) is 41.5 Å². The van der Waals surface area contributed by atoms with Gasteiger partial charge in [-0.25, -0.2) is 0 Å². The van der Waals surface area contributed by atoms with Gasteiger partial charge < -0.3 is 10.2 Å². The standard InChI is InChI=1S/C18H37.C16H33.C10H20O2.C8H16O2/c1-3-5-7-9-11-13-15-17-18-16-14-12-10-8-6-4-2;1-3-5-7-9-11-13-15-16-14-12-10-8-6-4-2;1-2-3-4-5-6-7-8-9-10(11)12;1-2-3-4-5-6-7-8(9)10/h1,3-18H2,2H3;1,3-16H2,2H3;2-9H2,1H3,(H,11,12);2-7H2,1H3,(H,9,10). The highest BCUT2D eigenvalue weighted by Gasteiger charge is 1.97. The monoisotopic (exact) mass is 795 g/mol. The van der Waals surface area contributed by atoms with Crippen molar-refractivity contribution < 1.29 is 19.8 Å². The van der Waals surface area contributed by atoms with Crippen molar-refractivity contribution in [3.8, 4) is 0 Å². The highest BCUT2D eigenvalue weighted by molar-refractivity contribution is 5.66. The zero-order valence-electron chi connectivity index (χ0n) is 39.2. The van der Waals surface area contributed by atoms with E-state index in [0.29, 0.717) is 12.8 Å². The number of hydrogen-bond donors (Lipinski definition) is 2. The molecule has 0 heterocycles. The number of carboxylic acids is 2. The van der Waals surface area contributed by atoms with Crippen LogP contribution in [0.25, 0.3) is 0 Å². The molecule has 4 heteroatoms. The molecule has 2 radical (unpaired) electrons. The van der Waals surface area contributed by atoms with Crippen LogP contribution in [-0.2, 0) is 9.59 Å². The molecular formula is C52H106O4. The summed E-state index contributed by atoms with van der Waals surface area (Å²) in [5.74, 6) is -1.33. The van der Waals surface area contributed by atoms with Crippen molar-refractivity contribution >= 4 is 11.9 Å². The van der Waals surface area contributed by atoms with Gasteiger partial charge in [0, 0.05) is 12.8 Å². The van der Waals surface area contributed by atoms with Crippen LogP contribution in [0, 0.1) is 13.8 Å². The summed E-state index contributed by atoms with van der Waals surface area (Å²) in [6, 6.07) is 0. The minimum atomic E-state index is -0.670. The van der Waals surface area contributed by atoms with Crippen LogP contribution in [0.4, 0.5) is 0 Å². The number of aliphatic carboxylic acids is 2. The Morgan fingerprint density at radius 2 is 0.411 bits per heavy atom. The molecule has 0 aromatic carbocycles. The zero-order valence-corrected chi connectivity index (χ0v) is 39.2. The third kappa shape index (κ3) is 77.5. The SMILES string of the molecule is CCCCCCCC(=O)O.CCCCCCCCCC(=O)O.[CH2]CCCCCCCCCCCCCCC.[CH2]CCCCCCCCCCCCCCCCC. The summed E-state index contributed by atoms with van der Waals surface area (Å²) in [6.45, 7) is 16.7. The van der Waals surface area contributed by atoms with Crippen molar-refractivity contribution in [2.24, 2.45) is 0 Å². The lowest BCUT2D eigenvalue weighted by Gasteiger charge is -2.03. The highest BCUT2D eigenvalue weighted by atomic mass is 16.4. The molecule has 0 bridgehead atoms. The van der Waals surface area contributed by atoms with Crippen LogP contribution in [0.1, 0.15) is 310 Å². The number of unbranched alkanes of at least 4 members (excludes halogenated alkanes) is 38. The fourth-order valence-corrected chi connectivity index (χ4v) is 6.86. The van der Waals surface area contributed by atoms with Crippen LogP contribution in [0.3, 0.4) is 0 Å². The summed E-state index contributed by atoms with van der Waals surface area (Å²) in [7, 11) is 0. The molecule has 0 aromatic heterocycles. The second-order valence-corrected chi connectivity index (χ2v) is 16.7. The lowest BCUT2D eigenvalue weighted by molar-refractivity contribution is -0.138. The number of carboxylic acid groups (broad SMARTS) is 2. The first-order valence-corrected chi connectivity index (χ1v) is 25.4. The zero-order chi connectivity index (χ0) is 42.3. The summed E-state index contributed by atoms with van der Waals surface area (Å²) in [5, 5.41) is 16.6. The van der Waals surface area contributed by atoms with Gasteiger partial charge in [-0.15, -0.1) is 0 Å². The van der Waals surface area contributed by atoms with Gasteiger partial charge in [-0.1, -0.05) is 298 Å². The number of rotatable bonds is 42. The van der Waals surface area contributed by atoms with Gasteiger partial charge in [-0.3, -0.25) is 9.59 Å². The Morgan fingerprint density at radius 3 is 0.554 bits per heavy atom. The van der Waals surface area contributed by atoms with Gasteiger partial charge in [0.15, 0.2) is 0 Å². The second-order valence-electron chi connectivity index (χ2n) is 16.7. The van der Waals surface area contributed by atoms with Gasteiger partial charge in [0.25, 0.3) is 0 Å². The van der Waals surface area contributed by atoms with Crippen LogP contribution in [-0.4, -0.2) is 22.2 Å². The minimum absolute atomic E-state index is 0.337. The summed E-state index contributed by atoms with van der Waals surface area (Å²) < 4.78 is 0. The Hall–Kier alpha value is -1.06. The molecule has 0 aromatic rings. The fourth-order valence-electron chi connectivity index (χ4n) is 6.86. The van der Waals surface area contributed by atoms with Gasteiger partial charge in [0.05, 0.1) is 0 Å². The molecule has 0 aliphatic rings. The van der Waals surface area contributed by atoms with Crippen molar-refractivity contribution in [2.75, 3.05) is 0 Å². The molecule has 0 rings (SSSR count). The second kappa shape index (κ2) is 63.1. The van der Waals surface area contributed by atoms with E-state index >= 15 is 0 Å². The largest absolute Gasteiger partial charge is 0.481 e. The summed E-state index contributed by atoms with van der Waals surface area (Å²) in [6.07, 6.45) is 57.2. The van der Waals surface area contributed by atoms with Crippen LogP contribution in [0.2, 0.25) is 0 Å². The van der Waals surface area contributed by atoms with Crippen molar-refractivity contribution in [1.29, 1.82) is 0 Å². The van der Waals surface area contributed by atoms with E-state index in [1.807, 2.05) is 0 Å². The van der Waals surface area contributed by atoms with E-state index in [9.17, 15) is 9.59 Å². The van der Waals surface area contributed by atoms with Crippen molar-refractivity contribution in [3.05, 3.63) is 13.8 Å². The maximum atomic E-state index is 10.1. The Labute approximate surface area is 354 Å². The molecule has 4 nitrogen and oxygen atoms in total. The maximum absolute atomic E-state index is 10.1. The van der Waals surface area contributed by atoms with Crippen LogP contribution in [0.5, 0.6) is 0 Å². The Kier molecular flexibility index (Phi) is 69.4. The smallest absolute Gasteiger partial charge is 0.303 e. The van der Waals surface area contributed by atoms with Crippen LogP contribution < -0.4 is 0 Å². The Balaban J connectivity index is -0.000000330. The lowest BCUT2D eigenvalue weighted by atomic mass is 10.0. The molecule has 0 saturated carbocycles. The van der Waals surface area contributed by atoms with Crippen molar-refractivity contribution in [2.45, 2.75) is 310 Å². The molecule has 0 aliphatic carbocycles. The molecule has 2 N–H and O–H groups in total. The quantitative estimate of drug-likeness (QED) is 0.0604. The summed E-state index contributed by atoms with van der Waals surface area (Å²) >= 11 is 0. The van der Waals surface area contributed by atoms with Crippen LogP contribution in [0.15, 0.2) is 0 Å².